The summed E-state index contributed by atoms with van der Waals surface area (Å²) >= 11 is 3.51. The Bertz CT molecular complexity index is 582. The molecule has 2 aromatic rings. The number of anilines is 1. The van der Waals surface area contributed by atoms with Gasteiger partial charge in [0.2, 0.25) is 0 Å². The number of benzene rings is 1. The summed E-state index contributed by atoms with van der Waals surface area (Å²) in [7, 11) is 0. The maximum absolute atomic E-state index is 8.88. The summed E-state index contributed by atoms with van der Waals surface area (Å²) in [5.41, 5.74) is 3.79. The van der Waals surface area contributed by atoms with Crippen molar-refractivity contribution in [1.29, 1.82) is 0 Å². The van der Waals surface area contributed by atoms with Crippen molar-refractivity contribution in [1.82, 2.24) is 9.78 Å². The van der Waals surface area contributed by atoms with Crippen molar-refractivity contribution in [3.8, 4) is 0 Å². The first-order valence-electron chi connectivity index (χ1n) is 6.44. The summed E-state index contributed by atoms with van der Waals surface area (Å²) < 4.78 is 2.89. The molecule has 0 aliphatic heterocycles. The molecule has 2 N–H and O–H groups in total. The number of nitrogens with zero attached hydrogens (tertiary/aromatic N) is 2. The van der Waals surface area contributed by atoms with Gasteiger partial charge >= 0.3 is 0 Å². The van der Waals surface area contributed by atoms with E-state index in [0.29, 0.717) is 12.6 Å². The van der Waals surface area contributed by atoms with Crippen molar-refractivity contribution >= 4 is 21.6 Å². The first-order valence-corrected chi connectivity index (χ1v) is 7.24. The zero-order valence-electron chi connectivity index (χ0n) is 10.5. The molecule has 0 radical (unpaired) electrons. The Kier molecular flexibility index (Phi) is 3.57. The highest BCUT2D eigenvalue weighted by molar-refractivity contribution is 9.10. The maximum Gasteiger partial charge on any atom is 0.0731 e. The number of hydrogen-bond acceptors (Lipinski definition) is 3. The first kappa shape index (κ1) is 12.7. The molecular formula is C14H16BrN3O. The second-order valence-electron chi connectivity index (χ2n) is 4.79. The van der Waals surface area contributed by atoms with E-state index in [0.717, 1.165) is 23.0 Å². The summed E-state index contributed by atoms with van der Waals surface area (Å²) in [5.74, 6) is 0. The first-order chi connectivity index (χ1) is 9.26. The predicted molar refractivity (Wildman–Crippen MR) is 78.1 cm³/mol. The van der Waals surface area contributed by atoms with Crippen molar-refractivity contribution in [2.75, 3.05) is 11.9 Å². The van der Waals surface area contributed by atoms with Crippen molar-refractivity contribution in [2.24, 2.45) is 0 Å². The minimum atomic E-state index is 0.113. The molecule has 0 spiro atoms. The van der Waals surface area contributed by atoms with E-state index in [9.17, 15) is 0 Å². The zero-order chi connectivity index (χ0) is 13.2. The van der Waals surface area contributed by atoms with Gasteiger partial charge in [-0.05, 0) is 36.1 Å². The molecule has 0 saturated heterocycles. The Labute approximate surface area is 120 Å². The minimum absolute atomic E-state index is 0.113. The molecule has 1 aromatic carbocycles. The molecule has 0 bridgehead atoms. The fourth-order valence-electron chi connectivity index (χ4n) is 2.60. The summed E-state index contributed by atoms with van der Waals surface area (Å²) in [6.45, 7) is 0.650. The monoisotopic (exact) mass is 321 g/mol. The molecule has 1 aliphatic rings. The fourth-order valence-corrected chi connectivity index (χ4v) is 3.01. The highest BCUT2D eigenvalue weighted by Gasteiger charge is 2.22. The maximum atomic E-state index is 8.88. The Morgan fingerprint density at radius 2 is 2.37 bits per heavy atom. The van der Waals surface area contributed by atoms with Crippen LogP contribution in [0.4, 0.5) is 5.69 Å². The van der Waals surface area contributed by atoms with Gasteiger partial charge in [0.1, 0.15) is 0 Å². The van der Waals surface area contributed by atoms with E-state index in [1.807, 2.05) is 12.4 Å². The molecule has 1 atom stereocenters. The lowest BCUT2D eigenvalue weighted by Gasteiger charge is -2.13. The van der Waals surface area contributed by atoms with Crippen LogP contribution in [-0.4, -0.2) is 21.5 Å². The van der Waals surface area contributed by atoms with E-state index in [2.05, 4.69) is 44.5 Å². The quantitative estimate of drug-likeness (QED) is 0.910. The lowest BCUT2D eigenvalue weighted by Crippen LogP contribution is -2.06. The lowest BCUT2D eigenvalue weighted by atomic mass is 10.1. The van der Waals surface area contributed by atoms with Gasteiger partial charge < -0.3 is 10.4 Å². The number of fused-ring (bicyclic) bond motifs is 1. The van der Waals surface area contributed by atoms with Crippen molar-refractivity contribution in [2.45, 2.75) is 25.4 Å². The van der Waals surface area contributed by atoms with Crippen LogP contribution in [-0.2, 0) is 13.0 Å². The van der Waals surface area contributed by atoms with E-state index in [-0.39, 0.29) is 6.61 Å². The number of aliphatic hydroxyl groups excluding tert-OH is 1. The van der Waals surface area contributed by atoms with Crippen molar-refractivity contribution < 1.29 is 5.11 Å². The van der Waals surface area contributed by atoms with E-state index >= 15 is 0 Å². The van der Waals surface area contributed by atoms with Gasteiger partial charge in [-0.15, -0.1) is 0 Å². The van der Waals surface area contributed by atoms with Gasteiger partial charge in [0.15, 0.2) is 0 Å². The second-order valence-corrected chi connectivity index (χ2v) is 5.71. The van der Waals surface area contributed by atoms with Gasteiger partial charge in [-0.1, -0.05) is 22.0 Å². The molecule has 0 amide bonds. The van der Waals surface area contributed by atoms with E-state index in [1.165, 1.54) is 11.1 Å². The normalized spacial score (nSPS) is 17.5. The van der Waals surface area contributed by atoms with Gasteiger partial charge in [0, 0.05) is 10.7 Å². The molecule has 1 aliphatic carbocycles. The second kappa shape index (κ2) is 5.35. The number of halogens is 1. The lowest BCUT2D eigenvalue weighted by molar-refractivity contribution is 0.269. The van der Waals surface area contributed by atoms with Crippen LogP contribution in [0.2, 0.25) is 0 Å². The van der Waals surface area contributed by atoms with Crippen LogP contribution in [0.1, 0.15) is 23.6 Å². The summed E-state index contributed by atoms with van der Waals surface area (Å²) in [6, 6.07) is 6.83. The summed E-state index contributed by atoms with van der Waals surface area (Å²) in [5, 5.41) is 16.6. The van der Waals surface area contributed by atoms with Crippen LogP contribution >= 0.6 is 15.9 Å². The van der Waals surface area contributed by atoms with Crippen LogP contribution in [0, 0.1) is 0 Å². The van der Waals surface area contributed by atoms with Crippen LogP contribution in [0.15, 0.2) is 35.1 Å². The average Bonchev–Trinajstić information content (AvgIpc) is 2.98. The number of aromatic nitrogens is 2. The van der Waals surface area contributed by atoms with Crippen LogP contribution in [0.3, 0.4) is 0 Å². The Morgan fingerprint density at radius 1 is 1.47 bits per heavy atom. The van der Waals surface area contributed by atoms with Crippen LogP contribution in [0.5, 0.6) is 0 Å². The van der Waals surface area contributed by atoms with Crippen LogP contribution < -0.4 is 5.32 Å². The average molecular weight is 322 g/mol. The fraction of sp³-hybridized carbons (Fsp3) is 0.357. The number of aliphatic hydroxyl groups is 1. The number of hydrogen-bond donors (Lipinski definition) is 2. The van der Waals surface area contributed by atoms with Gasteiger partial charge in [-0.3, -0.25) is 4.68 Å². The van der Waals surface area contributed by atoms with E-state index < -0.39 is 0 Å². The predicted octanol–water partition coefficient (Wildman–Crippen LogP) is 2.74. The Hall–Kier alpha value is -1.33. The molecule has 1 unspecified atom stereocenters. The molecular weight excluding hydrogens is 306 g/mol. The number of nitrogens with one attached hydrogen (secondary N) is 1. The Balaban J connectivity index is 1.75. The highest BCUT2D eigenvalue weighted by Crippen LogP contribution is 2.35. The standard InChI is InChI=1S/C14H16BrN3O/c15-11-2-3-13-10(7-11)1-4-14(13)17-12-8-16-18(9-12)5-6-19/h2-3,7-9,14,17,19H,1,4-6H2. The molecule has 3 rings (SSSR count). The third-order valence-corrected chi connectivity index (χ3v) is 3.98. The number of aryl methyl sites for hydroxylation is 1. The molecule has 0 saturated carbocycles. The SMILES string of the molecule is OCCn1cc(NC2CCc3cc(Br)ccc32)cn1. The van der Waals surface area contributed by atoms with Gasteiger partial charge in [-0.25, -0.2) is 0 Å². The molecule has 1 heterocycles. The Morgan fingerprint density at radius 3 is 3.21 bits per heavy atom. The topological polar surface area (TPSA) is 50.1 Å². The molecule has 100 valence electrons. The molecule has 5 heteroatoms. The molecule has 4 nitrogen and oxygen atoms in total. The highest BCUT2D eigenvalue weighted by atomic mass is 79.9. The van der Waals surface area contributed by atoms with Crippen LogP contribution in [0.25, 0.3) is 0 Å². The third kappa shape index (κ3) is 2.67. The molecule has 19 heavy (non-hydrogen) atoms. The summed E-state index contributed by atoms with van der Waals surface area (Å²) in [6.07, 6.45) is 5.97. The van der Waals surface area contributed by atoms with Gasteiger partial charge in [0.25, 0.3) is 0 Å². The smallest absolute Gasteiger partial charge is 0.0731 e. The third-order valence-electron chi connectivity index (χ3n) is 3.49. The van der Waals surface area contributed by atoms with Gasteiger partial charge in [0.05, 0.1) is 31.1 Å². The van der Waals surface area contributed by atoms with E-state index in [1.54, 1.807) is 4.68 Å². The zero-order valence-corrected chi connectivity index (χ0v) is 12.1. The minimum Gasteiger partial charge on any atom is -0.394 e. The van der Waals surface area contributed by atoms with Gasteiger partial charge in [-0.2, -0.15) is 5.10 Å². The molecule has 1 aromatic heterocycles. The van der Waals surface area contributed by atoms with E-state index in [4.69, 9.17) is 5.11 Å². The van der Waals surface area contributed by atoms with Crippen molar-refractivity contribution in [3.05, 3.63) is 46.2 Å². The summed E-state index contributed by atoms with van der Waals surface area (Å²) in [4.78, 5) is 0. The number of rotatable bonds is 4. The van der Waals surface area contributed by atoms with Crippen molar-refractivity contribution in [3.63, 3.8) is 0 Å². The molecule has 0 fully saturated rings. The largest absolute Gasteiger partial charge is 0.394 e.